The Bertz CT molecular complexity index is 1200. The van der Waals surface area contributed by atoms with Crippen LogP contribution in [0.4, 0.5) is 5.82 Å². The van der Waals surface area contributed by atoms with Crippen molar-refractivity contribution in [3.8, 4) is 6.07 Å². The minimum absolute atomic E-state index is 0.0215. The van der Waals surface area contributed by atoms with Gasteiger partial charge in [0.15, 0.2) is 0 Å². The Balaban J connectivity index is 1.31. The van der Waals surface area contributed by atoms with Crippen LogP contribution in [-0.4, -0.2) is 33.9 Å². The maximum Gasteiger partial charge on any atom is 0.224 e. The summed E-state index contributed by atoms with van der Waals surface area (Å²) in [6.07, 6.45) is 7.31. The summed E-state index contributed by atoms with van der Waals surface area (Å²) in [4.78, 5) is 27.7. The molecule has 1 saturated carbocycles. The summed E-state index contributed by atoms with van der Waals surface area (Å²) in [5, 5.41) is 13.5. The van der Waals surface area contributed by atoms with Crippen LogP contribution < -0.4 is 10.2 Å². The number of fused-ring (bicyclic) bond motifs is 1. The first-order valence-corrected chi connectivity index (χ1v) is 11.4. The van der Waals surface area contributed by atoms with Crippen LogP contribution in [0.3, 0.4) is 0 Å². The summed E-state index contributed by atoms with van der Waals surface area (Å²) in [7, 11) is 0. The van der Waals surface area contributed by atoms with Crippen molar-refractivity contribution >= 4 is 22.8 Å². The number of aromatic amines is 1. The van der Waals surface area contributed by atoms with Crippen molar-refractivity contribution in [1.29, 1.82) is 5.26 Å². The number of anilines is 1. The van der Waals surface area contributed by atoms with E-state index in [9.17, 15) is 10.1 Å². The lowest BCUT2D eigenvalue weighted by molar-refractivity contribution is -0.128. The number of amides is 1. The second kappa shape index (κ2) is 7.94. The number of hydrogen-bond donors (Lipinski definition) is 2. The molecule has 2 aromatic heterocycles. The third-order valence-corrected chi connectivity index (χ3v) is 7.25. The topological polar surface area (TPSA) is 97.7 Å². The van der Waals surface area contributed by atoms with Crippen LogP contribution in [0, 0.1) is 22.7 Å². The second-order valence-corrected chi connectivity index (χ2v) is 9.17. The van der Waals surface area contributed by atoms with Crippen LogP contribution in [0.25, 0.3) is 11.0 Å². The molecular formula is C25H28N6O. The monoisotopic (exact) mass is 428 g/mol. The molecule has 3 heterocycles. The Kier molecular flexibility index (Phi) is 5.09. The summed E-state index contributed by atoms with van der Waals surface area (Å²) in [5.74, 6) is 1.13. The minimum Gasteiger partial charge on any atom is -0.355 e. The quantitative estimate of drug-likeness (QED) is 0.643. The minimum atomic E-state index is -0.0830. The number of nitriles is 1. The number of aromatic nitrogens is 3. The van der Waals surface area contributed by atoms with Gasteiger partial charge in [0.25, 0.3) is 0 Å². The summed E-state index contributed by atoms with van der Waals surface area (Å²) >= 11 is 0. The first kappa shape index (κ1) is 20.5. The molecule has 1 aliphatic carbocycles. The van der Waals surface area contributed by atoms with E-state index in [1.807, 2.05) is 37.4 Å². The van der Waals surface area contributed by atoms with Crippen LogP contribution in [-0.2, 0) is 11.2 Å². The molecule has 0 unspecified atom stereocenters. The van der Waals surface area contributed by atoms with E-state index in [4.69, 9.17) is 0 Å². The summed E-state index contributed by atoms with van der Waals surface area (Å²) in [6, 6.07) is 9.89. The van der Waals surface area contributed by atoms with E-state index in [0.29, 0.717) is 5.56 Å². The molecule has 5 rings (SSSR count). The highest BCUT2D eigenvalue weighted by atomic mass is 16.2. The number of nitrogens with one attached hydrogen (secondary N) is 2. The van der Waals surface area contributed by atoms with Gasteiger partial charge in [0.2, 0.25) is 5.91 Å². The van der Waals surface area contributed by atoms with E-state index in [0.717, 1.165) is 66.8 Å². The molecule has 2 N–H and O–H groups in total. The van der Waals surface area contributed by atoms with E-state index >= 15 is 0 Å². The third-order valence-electron chi connectivity index (χ3n) is 7.25. The molecule has 3 aromatic rings. The number of piperidine rings is 1. The van der Waals surface area contributed by atoms with E-state index < -0.39 is 0 Å². The van der Waals surface area contributed by atoms with Gasteiger partial charge in [-0.15, -0.1) is 0 Å². The smallest absolute Gasteiger partial charge is 0.224 e. The standard InChI is InChI=1S/C25H28N6O/c1-3-18-12-17(13-26)4-5-19(18)16(2)30-24(32)21-7-11-31(14-25(21)8-9-25)23-20-6-10-27-22(20)28-15-29-23/h4-6,10,12,15-16,21H,3,7-9,11,14H2,1-2H3,(H,30,32)(H,27,28,29)/t16-,21-/m1/s1. The van der Waals surface area contributed by atoms with Crippen LogP contribution in [0.15, 0.2) is 36.8 Å². The molecule has 32 heavy (non-hydrogen) atoms. The maximum absolute atomic E-state index is 13.4. The van der Waals surface area contributed by atoms with Crippen molar-refractivity contribution in [2.75, 3.05) is 18.0 Å². The average Bonchev–Trinajstić information content (AvgIpc) is 3.39. The first-order chi connectivity index (χ1) is 15.5. The number of aryl methyl sites for hydroxylation is 1. The van der Waals surface area contributed by atoms with E-state index in [2.05, 4.69) is 38.2 Å². The molecule has 1 aliphatic heterocycles. The predicted molar refractivity (Wildman–Crippen MR) is 123 cm³/mol. The summed E-state index contributed by atoms with van der Waals surface area (Å²) in [5.41, 5.74) is 3.76. The molecule has 2 atom stereocenters. The van der Waals surface area contributed by atoms with E-state index in [-0.39, 0.29) is 23.3 Å². The van der Waals surface area contributed by atoms with Crippen molar-refractivity contribution in [3.63, 3.8) is 0 Å². The SMILES string of the molecule is CCc1cc(C#N)ccc1[C@@H](C)NC(=O)[C@H]1CCN(c2ncnc3[nH]ccc23)CC12CC2. The molecular weight excluding hydrogens is 400 g/mol. The van der Waals surface area contributed by atoms with Gasteiger partial charge in [-0.05, 0) is 67.3 Å². The average molecular weight is 429 g/mol. The molecule has 1 spiro atoms. The Morgan fingerprint density at radius 1 is 1.38 bits per heavy atom. The zero-order chi connectivity index (χ0) is 22.3. The summed E-state index contributed by atoms with van der Waals surface area (Å²) in [6.45, 7) is 5.78. The van der Waals surface area contributed by atoms with Crippen LogP contribution in [0.5, 0.6) is 0 Å². The van der Waals surface area contributed by atoms with Crippen molar-refractivity contribution < 1.29 is 4.79 Å². The van der Waals surface area contributed by atoms with Crippen molar-refractivity contribution in [3.05, 3.63) is 53.5 Å². The lowest BCUT2D eigenvalue weighted by atomic mass is 9.81. The molecule has 0 bridgehead atoms. The number of benzene rings is 1. The van der Waals surface area contributed by atoms with Gasteiger partial charge in [-0.25, -0.2) is 9.97 Å². The number of rotatable bonds is 5. The Morgan fingerprint density at radius 2 is 2.22 bits per heavy atom. The molecule has 1 saturated heterocycles. The molecule has 7 heteroatoms. The van der Waals surface area contributed by atoms with E-state index in [1.165, 1.54) is 0 Å². The molecule has 1 amide bonds. The largest absolute Gasteiger partial charge is 0.355 e. The van der Waals surface area contributed by atoms with Crippen LogP contribution in [0.2, 0.25) is 0 Å². The van der Waals surface area contributed by atoms with Gasteiger partial charge < -0.3 is 15.2 Å². The van der Waals surface area contributed by atoms with E-state index in [1.54, 1.807) is 6.33 Å². The Morgan fingerprint density at radius 3 is 2.97 bits per heavy atom. The number of carbonyl (C=O) groups is 1. The highest BCUT2D eigenvalue weighted by molar-refractivity contribution is 5.88. The number of nitrogens with zero attached hydrogens (tertiary/aromatic N) is 4. The summed E-state index contributed by atoms with van der Waals surface area (Å²) < 4.78 is 0. The predicted octanol–water partition coefficient (Wildman–Crippen LogP) is 3.88. The van der Waals surface area contributed by atoms with Gasteiger partial charge in [-0.1, -0.05) is 13.0 Å². The van der Waals surface area contributed by atoms with Gasteiger partial charge in [0.05, 0.1) is 23.1 Å². The second-order valence-electron chi connectivity index (χ2n) is 9.17. The molecule has 0 radical (unpaired) electrons. The molecule has 2 aliphatic rings. The van der Waals surface area contributed by atoms with Gasteiger partial charge in [0, 0.05) is 25.2 Å². The van der Waals surface area contributed by atoms with Crippen LogP contribution >= 0.6 is 0 Å². The first-order valence-electron chi connectivity index (χ1n) is 11.4. The number of hydrogen-bond acceptors (Lipinski definition) is 5. The van der Waals surface area contributed by atoms with Gasteiger partial charge in [-0.2, -0.15) is 5.26 Å². The lowest BCUT2D eigenvalue weighted by Gasteiger charge is -2.39. The van der Waals surface area contributed by atoms with Gasteiger partial charge in [-0.3, -0.25) is 4.79 Å². The molecule has 1 aromatic carbocycles. The fourth-order valence-electron chi connectivity index (χ4n) is 5.32. The number of carbonyl (C=O) groups excluding carboxylic acids is 1. The molecule has 2 fully saturated rings. The zero-order valence-electron chi connectivity index (χ0n) is 18.6. The third kappa shape index (κ3) is 3.50. The van der Waals surface area contributed by atoms with Crippen molar-refractivity contribution in [2.45, 2.75) is 45.6 Å². The zero-order valence-corrected chi connectivity index (χ0v) is 18.6. The molecule has 164 valence electrons. The normalized spacial score (nSPS) is 20.2. The fourth-order valence-corrected chi connectivity index (χ4v) is 5.32. The molecule has 7 nitrogen and oxygen atoms in total. The Hall–Kier alpha value is -3.40. The maximum atomic E-state index is 13.4. The van der Waals surface area contributed by atoms with Gasteiger partial charge >= 0.3 is 0 Å². The highest BCUT2D eigenvalue weighted by Gasteiger charge is 2.55. The van der Waals surface area contributed by atoms with Gasteiger partial charge in [0.1, 0.15) is 17.8 Å². The van der Waals surface area contributed by atoms with Crippen LogP contribution in [0.1, 0.15) is 55.8 Å². The Labute approximate surface area is 187 Å². The lowest BCUT2D eigenvalue weighted by Crippen LogP contribution is -2.48. The fraction of sp³-hybridized carbons (Fsp3) is 0.440. The number of H-pyrrole nitrogens is 1. The van der Waals surface area contributed by atoms with Crippen molar-refractivity contribution in [2.24, 2.45) is 11.3 Å². The van der Waals surface area contributed by atoms with Crippen molar-refractivity contribution in [1.82, 2.24) is 20.3 Å². The highest BCUT2D eigenvalue weighted by Crippen LogP contribution is 2.56.